The van der Waals surface area contributed by atoms with E-state index in [2.05, 4.69) is 21.0 Å². The van der Waals surface area contributed by atoms with E-state index >= 15 is 0 Å². The van der Waals surface area contributed by atoms with Crippen molar-refractivity contribution < 1.29 is 9.50 Å². The summed E-state index contributed by atoms with van der Waals surface area (Å²) in [6.45, 7) is 0. The van der Waals surface area contributed by atoms with Gasteiger partial charge < -0.3 is 5.11 Å². The van der Waals surface area contributed by atoms with Crippen LogP contribution in [0.5, 0.6) is 5.75 Å². The van der Waals surface area contributed by atoms with Crippen LogP contribution >= 0.6 is 15.9 Å². The summed E-state index contributed by atoms with van der Waals surface area (Å²) in [6.07, 6.45) is 1.68. The number of hydrogen-bond donors (Lipinski definition) is 1. The third-order valence-electron chi connectivity index (χ3n) is 1.78. The monoisotopic (exact) mass is 244 g/mol. The van der Waals surface area contributed by atoms with E-state index in [1.807, 2.05) is 0 Å². The van der Waals surface area contributed by atoms with Crippen LogP contribution in [-0.4, -0.2) is 14.9 Å². The summed E-state index contributed by atoms with van der Waals surface area (Å²) in [4.78, 5) is 0. The van der Waals surface area contributed by atoms with Gasteiger partial charge in [-0.05, 0) is 22.0 Å². The summed E-state index contributed by atoms with van der Waals surface area (Å²) < 4.78 is 15.2. The number of aryl methyl sites for hydroxylation is 1. The zero-order valence-electron chi connectivity index (χ0n) is 6.75. The number of phenolic OH excluding ortho intramolecular Hbond substituents is 1. The zero-order chi connectivity index (χ0) is 9.59. The van der Waals surface area contributed by atoms with E-state index in [1.165, 1.54) is 4.68 Å². The highest BCUT2D eigenvalue weighted by Crippen LogP contribution is 2.32. The lowest BCUT2D eigenvalue weighted by molar-refractivity contribution is 0.432. The third-order valence-corrected chi connectivity index (χ3v) is 2.39. The average Bonchev–Trinajstić information content (AvgIpc) is 2.42. The first kappa shape index (κ1) is 8.50. The van der Waals surface area contributed by atoms with Gasteiger partial charge in [0.15, 0.2) is 11.6 Å². The lowest BCUT2D eigenvalue weighted by Gasteiger charge is -1.97. The van der Waals surface area contributed by atoms with Crippen molar-refractivity contribution in [2.75, 3.05) is 0 Å². The number of aromatic nitrogens is 2. The number of halogens is 2. The second kappa shape index (κ2) is 2.70. The number of phenols is 1. The van der Waals surface area contributed by atoms with Gasteiger partial charge in [-0.25, -0.2) is 4.39 Å². The Labute approximate surface area is 81.9 Å². The number of aromatic hydroxyl groups is 1. The summed E-state index contributed by atoms with van der Waals surface area (Å²) in [5, 5.41) is 13.8. The van der Waals surface area contributed by atoms with Gasteiger partial charge in [-0.15, -0.1) is 0 Å². The van der Waals surface area contributed by atoms with Gasteiger partial charge in [0.05, 0.1) is 4.47 Å². The summed E-state index contributed by atoms with van der Waals surface area (Å²) >= 11 is 3.05. The summed E-state index contributed by atoms with van der Waals surface area (Å²) in [5.41, 5.74) is 0.184. The van der Waals surface area contributed by atoms with Gasteiger partial charge in [0, 0.05) is 18.6 Å². The molecule has 0 aliphatic rings. The topological polar surface area (TPSA) is 38.0 Å². The van der Waals surface area contributed by atoms with Gasteiger partial charge in [-0.1, -0.05) is 0 Å². The minimum absolute atomic E-state index is 0.184. The molecule has 1 aromatic carbocycles. The zero-order valence-corrected chi connectivity index (χ0v) is 8.34. The van der Waals surface area contributed by atoms with E-state index in [0.29, 0.717) is 9.86 Å². The number of nitrogens with zero attached hydrogens (tertiary/aromatic N) is 2. The standard InChI is InChI=1S/C8H6BrFN2O/c1-12-3-4-2-5(9)8(13)6(10)7(4)11-12/h2-3,13H,1H3. The molecular weight excluding hydrogens is 239 g/mol. The second-order valence-corrected chi connectivity index (χ2v) is 3.62. The van der Waals surface area contributed by atoms with E-state index in [9.17, 15) is 9.50 Å². The molecule has 0 spiro atoms. The van der Waals surface area contributed by atoms with E-state index in [1.54, 1.807) is 19.3 Å². The summed E-state index contributed by atoms with van der Waals surface area (Å²) in [7, 11) is 1.70. The molecule has 0 fully saturated rings. The molecule has 0 aliphatic heterocycles. The SMILES string of the molecule is Cn1cc2cc(Br)c(O)c(F)c2n1. The van der Waals surface area contributed by atoms with Gasteiger partial charge in [0.1, 0.15) is 5.52 Å². The van der Waals surface area contributed by atoms with Crippen molar-refractivity contribution in [2.24, 2.45) is 7.05 Å². The molecule has 13 heavy (non-hydrogen) atoms. The average molecular weight is 245 g/mol. The maximum Gasteiger partial charge on any atom is 0.194 e. The summed E-state index contributed by atoms with van der Waals surface area (Å²) in [5.74, 6) is -1.09. The second-order valence-electron chi connectivity index (χ2n) is 2.76. The predicted molar refractivity (Wildman–Crippen MR) is 50.0 cm³/mol. The molecule has 0 bridgehead atoms. The number of hydrogen-bond acceptors (Lipinski definition) is 2. The van der Waals surface area contributed by atoms with E-state index in [0.717, 1.165) is 0 Å². The Morgan fingerprint density at radius 3 is 3.00 bits per heavy atom. The first-order valence-electron chi connectivity index (χ1n) is 3.60. The minimum atomic E-state index is -0.690. The van der Waals surface area contributed by atoms with Crippen molar-refractivity contribution in [1.82, 2.24) is 9.78 Å². The van der Waals surface area contributed by atoms with E-state index in [4.69, 9.17) is 0 Å². The van der Waals surface area contributed by atoms with Crippen LogP contribution in [0.4, 0.5) is 4.39 Å². The fraction of sp³-hybridized carbons (Fsp3) is 0.125. The lowest BCUT2D eigenvalue weighted by Crippen LogP contribution is -1.86. The van der Waals surface area contributed by atoms with Crippen LogP contribution in [0.3, 0.4) is 0 Å². The van der Waals surface area contributed by atoms with Crippen molar-refractivity contribution in [3.8, 4) is 5.75 Å². The maximum absolute atomic E-state index is 13.3. The highest BCUT2D eigenvalue weighted by atomic mass is 79.9. The Bertz CT molecular complexity index is 480. The van der Waals surface area contributed by atoms with Crippen LogP contribution in [0.25, 0.3) is 10.9 Å². The van der Waals surface area contributed by atoms with Crippen LogP contribution < -0.4 is 0 Å². The Hall–Kier alpha value is -1.10. The van der Waals surface area contributed by atoms with E-state index in [-0.39, 0.29) is 5.52 Å². The third kappa shape index (κ3) is 1.19. The molecule has 0 saturated heterocycles. The van der Waals surface area contributed by atoms with Gasteiger partial charge in [-0.2, -0.15) is 5.10 Å². The lowest BCUT2D eigenvalue weighted by atomic mass is 10.2. The molecule has 1 N–H and O–H groups in total. The maximum atomic E-state index is 13.3. The Kier molecular flexibility index (Phi) is 1.76. The van der Waals surface area contributed by atoms with Crippen molar-refractivity contribution in [3.05, 3.63) is 22.6 Å². The summed E-state index contributed by atoms with van der Waals surface area (Å²) in [6, 6.07) is 1.63. The van der Waals surface area contributed by atoms with E-state index < -0.39 is 11.6 Å². The first-order valence-corrected chi connectivity index (χ1v) is 4.39. The number of rotatable bonds is 0. The fourth-order valence-corrected chi connectivity index (χ4v) is 1.63. The fourth-order valence-electron chi connectivity index (χ4n) is 1.20. The molecule has 2 rings (SSSR count). The Morgan fingerprint density at radius 2 is 2.31 bits per heavy atom. The molecule has 0 saturated carbocycles. The molecule has 5 heteroatoms. The van der Waals surface area contributed by atoms with Crippen LogP contribution in [0.15, 0.2) is 16.7 Å². The predicted octanol–water partition coefficient (Wildman–Crippen LogP) is 2.18. The van der Waals surface area contributed by atoms with Crippen molar-refractivity contribution in [3.63, 3.8) is 0 Å². The molecule has 2 aromatic rings. The van der Waals surface area contributed by atoms with Gasteiger partial charge >= 0.3 is 0 Å². The molecule has 3 nitrogen and oxygen atoms in total. The largest absolute Gasteiger partial charge is 0.504 e. The first-order chi connectivity index (χ1) is 6.09. The van der Waals surface area contributed by atoms with Gasteiger partial charge in [0.25, 0.3) is 0 Å². The molecule has 0 unspecified atom stereocenters. The highest BCUT2D eigenvalue weighted by molar-refractivity contribution is 9.10. The number of benzene rings is 1. The molecule has 1 aromatic heterocycles. The van der Waals surface area contributed by atoms with Crippen molar-refractivity contribution >= 4 is 26.8 Å². The quantitative estimate of drug-likeness (QED) is 0.772. The molecule has 1 heterocycles. The normalized spacial score (nSPS) is 11.0. The van der Waals surface area contributed by atoms with Crippen molar-refractivity contribution in [1.29, 1.82) is 0 Å². The highest BCUT2D eigenvalue weighted by Gasteiger charge is 2.13. The molecule has 0 radical (unpaired) electrons. The van der Waals surface area contributed by atoms with Gasteiger partial charge in [0.2, 0.25) is 0 Å². The number of fused-ring (bicyclic) bond motifs is 1. The van der Waals surface area contributed by atoms with Crippen LogP contribution in [0, 0.1) is 5.82 Å². The van der Waals surface area contributed by atoms with Crippen LogP contribution in [-0.2, 0) is 7.05 Å². The molecule has 0 amide bonds. The molecule has 68 valence electrons. The Morgan fingerprint density at radius 1 is 1.62 bits per heavy atom. The molecular formula is C8H6BrFN2O. The Balaban J connectivity index is 2.92. The van der Waals surface area contributed by atoms with Crippen LogP contribution in [0.2, 0.25) is 0 Å². The van der Waals surface area contributed by atoms with Crippen LogP contribution in [0.1, 0.15) is 0 Å². The molecule has 0 atom stereocenters. The molecule has 0 aliphatic carbocycles. The smallest absolute Gasteiger partial charge is 0.194 e. The van der Waals surface area contributed by atoms with Crippen molar-refractivity contribution in [2.45, 2.75) is 0 Å². The minimum Gasteiger partial charge on any atom is -0.504 e. The van der Waals surface area contributed by atoms with Gasteiger partial charge in [-0.3, -0.25) is 4.68 Å².